The summed E-state index contributed by atoms with van der Waals surface area (Å²) in [6, 6.07) is 6.30. The van der Waals surface area contributed by atoms with Gasteiger partial charge in [-0.1, -0.05) is 19.0 Å². The van der Waals surface area contributed by atoms with Gasteiger partial charge in [0.25, 0.3) is 0 Å². The summed E-state index contributed by atoms with van der Waals surface area (Å²) in [7, 11) is 1.66. The number of hydrogen-bond acceptors (Lipinski definition) is 9. The number of aromatic nitrogens is 4. The third-order valence-electron chi connectivity index (χ3n) is 5.59. The monoisotopic (exact) mass is 551 g/mol. The van der Waals surface area contributed by atoms with Crippen LogP contribution in [0.1, 0.15) is 49.5 Å². The molecule has 0 saturated heterocycles. The van der Waals surface area contributed by atoms with Gasteiger partial charge in [0.05, 0.1) is 30.5 Å². The van der Waals surface area contributed by atoms with Gasteiger partial charge in [0.2, 0.25) is 5.82 Å². The standard InChI is InChI=1S/C26H32F3N5O5/c1-4-21-23(22(5-2)34(32-21)8-13-37-12-7-11-36-10-6-9-35-3)38-20-15-18(17-30)14-19(16-20)24-31-25(39-33-24)26(27,28)29/h14-16H,4-13H2,1-3H3. The van der Waals surface area contributed by atoms with Crippen molar-refractivity contribution in [2.45, 2.75) is 52.3 Å². The summed E-state index contributed by atoms with van der Waals surface area (Å²) in [6.45, 7) is 7.40. The molecular weight excluding hydrogens is 519 g/mol. The summed E-state index contributed by atoms with van der Waals surface area (Å²) >= 11 is 0. The minimum Gasteiger partial charge on any atom is -0.453 e. The minimum absolute atomic E-state index is 0.155. The molecule has 1 aromatic carbocycles. The molecule has 212 valence electrons. The number of benzene rings is 1. The van der Waals surface area contributed by atoms with E-state index in [9.17, 15) is 18.4 Å². The predicted molar refractivity (Wildman–Crippen MR) is 133 cm³/mol. The Kier molecular flexibility index (Phi) is 11.3. The van der Waals surface area contributed by atoms with Crippen molar-refractivity contribution >= 4 is 0 Å². The Morgan fingerprint density at radius 2 is 1.72 bits per heavy atom. The van der Waals surface area contributed by atoms with Crippen molar-refractivity contribution in [3.05, 3.63) is 41.0 Å². The van der Waals surface area contributed by atoms with Gasteiger partial charge < -0.3 is 23.5 Å². The maximum atomic E-state index is 12.9. The summed E-state index contributed by atoms with van der Waals surface area (Å²) in [6.07, 6.45) is -1.94. The number of rotatable bonds is 16. The first kappa shape index (κ1) is 30.1. The lowest BCUT2D eigenvalue weighted by atomic mass is 10.1. The molecule has 0 aliphatic carbocycles. The molecular formula is C26H32F3N5O5. The molecule has 0 atom stereocenters. The lowest BCUT2D eigenvalue weighted by molar-refractivity contribution is -0.159. The Balaban J connectivity index is 1.68. The fraction of sp³-hybridized carbons (Fsp3) is 0.538. The predicted octanol–water partition coefficient (Wildman–Crippen LogP) is 5.20. The van der Waals surface area contributed by atoms with Crippen LogP contribution in [0.15, 0.2) is 22.7 Å². The van der Waals surface area contributed by atoms with Crippen molar-refractivity contribution in [1.82, 2.24) is 19.9 Å². The fourth-order valence-corrected chi connectivity index (χ4v) is 3.76. The lowest BCUT2D eigenvalue weighted by Gasteiger charge is -2.11. The largest absolute Gasteiger partial charge is 0.471 e. The van der Waals surface area contributed by atoms with E-state index in [4.69, 9.17) is 18.9 Å². The molecule has 0 aliphatic rings. The number of alkyl halides is 3. The zero-order chi connectivity index (χ0) is 28.3. The van der Waals surface area contributed by atoms with E-state index in [0.717, 1.165) is 18.5 Å². The molecule has 13 heteroatoms. The minimum atomic E-state index is -4.78. The van der Waals surface area contributed by atoms with E-state index in [0.29, 0.717) is 63.9 Å². The van der Waals surface area contributed by atoms with Crippen LogP contribution < -0.4 is 4.74 Å². The van der Waals surface area contributed by atoms with E-state index in [1.807, 2.05) is 24.6 Å². The maximum Gasteiger partial charge on any atom is 0.471 e. The van der Waals surface area contributed by atoms with Crippen molar-refractivity contribution in [3.8, 4) is 29.0 Å². The number of ether oxygens (including phenoxy) is 4. The van der Waals surface area contributed by atoms with Crippen molar-refractivity contribution in [2.75, 3.05) is 40.1 Å². The lowest BCUT2D eigenvalue weighted by Crippen LogP contribution is -2.12. The second-order valence-corrected chi connectivity index (χ2v) is 8.46. The third-order valence-corrected chi connectivity index (χ3v) is 5.59. The van der Waals surface area contributed by atoms with Crippen LogP contribution in [0.4, 0.5) is 13.2 Å². The van der Waals surface area contributed by atoms with Crippen LogP contribution in [0.2, 0.25) is 0 Å². The molecule has 3 rings (SSSR count). The number of nitriles is 1. The molecule has 0 saturated carbocycles. The van der Waals surface area contributed by atoms with Crippen LogP contribution in [-0.2, 0) is 39.8 Å². The van der Waals surface area contributed by atoms with E-state index in [2.05, 4.69) is 19.8 Å². The second-order valence-electron chi connectivity index (χ2n) is 8.46. The maximum absolute atomic E-state index is 12.9. The van der Waals surface area contributed by atoms with Crippen LogP contribution >= 0.6 is 0 Å². The second kappa shape index (κ2) is 14.6. The van der Waals surface area contributed by atoms with Gasteiger partial charge in [-0.15, -0.1) is 0 Å². The molecule has 0 bridgehead atoms. The van der Waals surface area contributed by atoms with Gasteiger partial charge in [-0.2, -0.15) is 28.5 Å². The summed E-state index contributed by atoms with van der Waals surface area (Å²) in [5.74, 6) is -0.992. The van der Waals surface area contributed by atoms with E-state index in [1.54, 1.807) is 7.11 Å². The normalized spacial score (nSPS) is 11.6. The van der Waals surface area contributed by atoms with Gasteiger partial charge in [-0.05, 0) is 43.9 Å². The molecule has 3 aromatic rings. The van der Waals surface area contributed by atoms with Crippen molar-refractivity contribution in [1.29, 1.82) is 5.26 Å². The molecule has 39 heavy (non-hydrogen) atoms. The molecule has 2 aromatic heterocycles. The van der Waals surface area contributed by atoms with Crippen LogP contribution in [0.5, 0.6) is 11.5 Å². The fourth-order valence-electron chi connectivity index (χ4n) is 3.76. The van der Waals surface area contributed by atoms with Crippen LogP contribution in [0.3, 0.4) is 0 Å². The Labute approximate surface area is 224 Å². The van der Waals surface area contributed by atoms with Crippen molar-refractivity contribution in [3.63, 3.8) is 0 Å². The smallest absolute Gasteiger partial charge is 0.453 e. The Morgan fingerprint density at radius 3 is 2.33 bits per heavy atom. The van der Waals surface area contributed by atoms with Gasteiger partial charge in [-0.25, -0.2) is 0 Å². The van der Waals surface area contributed by atoms with Gasteiger partial charge >= 0.3 is 12.1 Å². The summed E-state index contributed by atoms with van der Waals surface area (Å²) < 4.78 is 67.3. The highest BCUT2D eigenvalue weighted by Gasteiger charge is 2.38. The molecule has 0 N–H and O–H groups in total. The highest BCUT2D eigenvalue weighted by atomic mass is 19.4. The van der Waals surface area contributed by atoms with E-state index in [-0.39, 0.29) is 22.7 Å². The van der Waals surface area contributed by atoms with Gasteiger partial charge in [0, 0.05) is 39.1 Å². The molecule has 0 amide bonds. The zero-order valence-electron chi connectivity index (χ0n) is 22.2. The Hall–Kier alpha value is -3.47. The van der Waals surface area contributed by atoms with Gasteiger partial charge in [0.1, 0.15) is 11.4 Å². The van der Waals surface area contributed by atoms with Gasteiger partial charge in [0.15, 0.2) is 5.75 Å². The first-order valence-electron chi connectivity index (χ1n) is 12.7. The molecule has 0 radical (unpaired) electrons. The van der Waals surface area contributed by atoms with E-state index in [1.165, 1.54) is 18.2 Å². The van der Waals surface area contributed by atoms with Crippen molar-refractivity contribution < 1.29 is 36.6 Å². The average Bonchev–Trinajstić information content (AvgIpc) is 3.55. The van der Waals surface area contributed by atoms with Crippen LogP contribution in [0, 0.1) is 11.3 Å². The number of aryl methyl sites for hydroxylation is 1. The highest BCUT2D eigenvalue weighted by Crippen LogP contribution is 2.34. The summed E-state index contributed by atoms with van der Waals surface area (Å²) in [5.41, 5.74) is 1.86. The van der Waals surface area contributed by atoms with Crippen LogP contribution in [0.25, 0.3) is 11.4 Å². The first-order chi connectivity index (χ1) is 18.8. The quantitative estimate of drug-likeness (QED) is 0.221. The number of halogens is 3. The molecule has 2 heterocycles. The van der Waals surface area contributed by atoms with Crippen molar-refractivity contribution in [2.24, 2.45) is 0 Å². The Morgan fingerprint density at radius 1 is 1.00 bits per heavy atom. The first-order valence-corrected chi connectivity index (χ1v) is 12.7. The van der Waals surface area contributed by atoms with E-state index < -0.39 is 12.1 Å². The molecule has 0 aliphatic heterocycles. The van der Waals surface area contributed by atoms with Crippen LogP contribution in [-0.4, -0.2) is 60.1 Å². The van der Waals surface area contributed by atoms with Gasteiger partial charge in [-0.3, -0.25) is 4.68 Å². The molecule has 10 nitrogen and oxygen atoms in total. The average molecular weight is 552 g/mol. The third kappa shape index (κ3) is 8.51. The molecule has 0 spiro atoms. The molecule has 0 fully saturated rings. The summed E-state index contributed by atoms with van der Waals surface area (Å²) in [5, 5.41) is 17.6. The summed E-state index contributed by atoms with van der Waals surface area (Å²) in [4.78, 5) is 3.41. The SMILES string of the molecule is CCc1nn(CCOCCCOCCCOC)c(CC)c1Oc1cc(C#N)cc(-c2noc(C(F)(F)F)n2)c1. The Bertz CT molecular complexity index is 1240. The van der Waals surface area contributed by atoms with E-state index >= 15 is 0 Å². The highest BCUT2D eigenvalue weighted by molar-refractivity contribution is 5.61. The number of hydrogen-bond donors (Lipinski definition) is 0. The topological polar surface area (TPSA) is 117 Å². The number of nitrogens with zero attached hydrogens (tertiary/aromatic N) is 5. The zero-order valence-corrected chi connectivity index (χ0v) is 22.2. The molecule has 0 unspecified atom stereocenters. The number of methoxy groups -OCH3 is 1.